The molecule has 2 N–H and O–H groups in total. The lowest BCUT2D eigenvalue weighted by molar-refractivity contribution is 0.252. The molecule has 2 heterocycles. The summed E-state index contributed by atoms with van der Waals surface area (Å²) in [6, 6.07) is 19.2. The first-order valence-electron chi connectivity index (χ1n) is 9.42. The first kappa shape index (κ1) is 19.0. The summed E-state index contributed by atoms with van der Waals surface area (Å²) in [6.07, 6.45) is 0.799. The Morgan fingerprint density at radius 3 is 2.66 bits per heavy atom. The molecule has 29 heavy (non-hydrogen) atoms. The van der Waals surface area contributed by atoms with E-state index in [-0.39, 0.29) is 11.6 Å². The molecular formula is C22H22N4O2S. The van der Waals surface area contributed by atoms with Gasteiger partial charge in [-0.05, 0) is 41.6 Å². The van der Waals surface area contributed by atoms with Crippen LogP contribution in [0.1, 0.15) is 10.4 Å². The lowest BCUT2D eigenvalue weighted by atomic mass is 10.2. The average Bonchev–Trinajstić information content (AvgIpc) is 3.32. The lowest BCUT2D eigenvalue weighted by Crippen LogP contribution is -2.30. The molecule has 0 aliphatic rings. The highest BCUT2D eigenvalue weighted by molar-refractivity contribution is 7.09. The number of nitrogens with zero attached hydrogens (tertiary/aromatic N) is 2. The van der Waals surface area contributed by atoms with Gasteiger partial charge in [0.25, 0.3) is 5.56 Å². The van der Waals surface area contributed by atoms with Gasteiger partial charge in [-0.15, -0.1) is 11.3 Å². The molecule has 0 bridgehead atoms. The van der Waals surface area contributed by atoms with Crippen LogP contribution in [0.25, 0.3) is 10.9 Å². The summed E-state index contributed by atoms with van der Waals surface area (Å²) < 4.78 is 3.56. The van der Waals surface area contributed by atoms with Crippen LogP contribution >= 0.6 is 11.3 Å². The first-order valence-corrected chi connectivity index (χ1v) is 10.3. The molecule has 0 radical (unpaired) electrons. The average molecular weight is 407 g/mol. The van der Waals surface area contributed by atoms with E-state index >= 15 is 0 Å². The van der Waals surface area contributed by atoms with E-state index in [9.17, 15) is 9.59 Å². The predicted octanol–water partition coefficient (Wildman–Crippen LogP) is 3.81. The van der Waals surface area contributed by atoms with Gasteiger partial charge >= 0.3 is 6.03 Å². The van der Waals surface area contributed by atoms with Gasteiger partial charge in [0, 0.05) is 24.2 Å². The number of carbonyl (C=O) groups excluding carboxylic acids is 1. The highest BCUT2D eigenvalue weighted by atomic mass is 32.1. The van der Waals surface area contributed by atoms with Gasteiger partial charge in [0.15, 0.2) is 0 Å². The zero-order valence-corrected chi connectivity index (χ0v) is 16.9. The number of hydrogen-bond acceptors (Lipinski definition) is 3. The normalized spacial score (nSPS) is 10.9. The van der Waals surface area contributed by atoms with Crippen molar-refractivity contribution in [2.45, 2.75) is 13.0 Å². The van der Waals surface area contributed by atoms with Crippen molar-refractivity contribution in [3.8, 4) is 0 Å². The molecule has 0 spiro atoms. The van der Waals surface area contributed by atoms with E-state index in [2.05, 4.69) is 10.6 Å². The van der Waals surface area contributed by atoms with Crippen LogP contribution in [0.5, 0.6) is 0 Å². The summed E-state index contributed by atoms with van der Waals surface area (Å²) in [7, 11) is 1.76. The number of thiophene rings is 1. The Morgan fingerprint density at radius 2 is 1.90 bits per heavy atom. The van der Waals surface area contributed by atoms with E-state index in [1.807, 2.05) is 64.7 Å². The van der Waals surface area contributed by atoms with Crippen molar-refractivity contribution in [1.82, 2.24) is 14.7 Å². The third-order valence-corrected chi connectivity index (χ3v) is 5.77. The summed E-state index contributed by atoms with van der Waals surface area (Å²) in [5.74, 6) is 0. The van der Waals surface area contributed by atoms with Gasteiger partial charge < -0.3 is 10.6 Å². The van der Waals surface area contributed by atoms with E-state index < -0.39 is 0 Å². The van der Waals surface area contributed by atoms with Gasteiger partial charge in [-0.25, -0.2) is 4.79 Å². The molecule has 2 amide bonds. The number of urea groups is 1. The van der Waals surface area contributed by atoms with Crippen molar-refractivity contribution >= 4 is 34.0 Å². The van der Waals surface area contributed by atoms with Gasteiger partial charge in [0.2, 0.25) is 0 Å². The number of fused-ring (bicyclic) bond motifs is 1. The Kier molecular flexibility index (Phi) is 5.48. The van der Waals surface area contributed by atoms with Crippen LogP contribution in [0.2, 0.25) is 0 Å². The van der Waals surface area contributed by atoms with Crippen LogP contribution in [0.3, 0.4) is 0 Å². The Labute approximate surface area is 172 Å². The fraction of sp³-hybridized carbons (Fsp3) is 0.182. The van der Waals surface area contributed by atoms with Gasteiger partial charge in [0.05, 0.1) is 17.4 Å². The van der Waals surface area contributed by atoms with Crippen molar-refractivity contribution in [3.05, 3.63) is 86.8 Å². The van der Waals surface area contributed by atoms with Crippen LogP contribution in [-0.2, 0) is 20.0 Å². The Hall–Kier alpha value is -3.32. The number of carbonyl (C=O) groups is 1. The Bertz CT molecular complexity index is 1180. The van der Waals surface area contributed by atoms with E-state index in [0.717, 1.165) is 17.5 Å². The molecule has 0 aliphatic heterocycles. The van der Waals surface area contributed by atoms with Crippen LogP contribution in [0.4, 0.5) is 10.5 Å². The maximum Gasteiger partial charge on any atom is 0.319 e. The van der Waals surface area contributed by atoms with Crippen molar-refractivity contribution in [1.29, 1.82) is 0 Å². The maximum atomic E-state index is 12.7. The zero-order chi connectivity index (χ0) is 20.2. The Balaban J connectivity index is 1.48. The quantitative estimate of drug-likeness (QED) is 0.511. The number of benzene rings is 2. The third-order valence-electron chi connectivity index (χ3n) is 4.83. The largest absolute Gasteiger partial charge is 0.338 e. The second-order valence-electron chi connectivity index (χ2n) is 6.81. The maximum absolute atomic E-state index is 12.7. The second-order valence-corrected chi connectivity index (χ2v) is 7.85. The molecular weight excluding hydrogens is 384 g/mol. The van der Waals surface area contributed by atoms with Gasteiger partial charge in [-0.2, -0.15) is 0 Å². The minimum absolute atomic E-state index is 0.0855. The lowest BCUT2D eigenvalue weighted by Gasteiger charge is -2.10. The molecule has 2 aromatic carbocycles. The number of anilines is 1. The van der Waals surface area contributed by atoms with E-state index in [0.29, 0.717) is 24.2 Å². The van der Waals surface area contributed by atoms with Gasteiger partial charge in [-0.3, -0.25) is 14.2 Å². The molecule has 0 unspecified atom stereocenters. The smallest absolute Gasteiger partial charge is 0.319 e. The fourth-order valence-electron chi connectivity index (χ4n) is 3.33. The van der Waals surface area contributed by atoms with Crippen molar-refractivity contribution in [2.24, 2.45) is 7.05 Å². The number of hydrogen-bond donors (Lipinski definition) is 2. The van der Waals surface area contributed by atoms with Crippen molar-refractivity contribution in [2.75, 3.05) is 11.9 Å². The van der Waals surface area contributed by atoms with Crippen molar-refractivity contribution in [3.63, 3.8) is 0 Å². The summed E-state index contributed by atoms with van der Waals surface area (Å²) in [5, 5.41) is 8.27. The topological polar surface area (TPSA) is 68.1 Å². The highest BCUT2D eigenvalue weighted by Gasteiger charge is 2.12. The molecule has 0 fully saturated rings. The summed E-state index contributed by atoms with van der Waals surface area (Å²) >= 11 is 1.67. The standard InChI is InChI=1S/C22H22N4O2S/c1-25-21(27)19-14-17(24-22(28)23-12-11-18-8-5-13-29-18)9-10-20(19)26(25)15-16-6-3-2-4-7-16/h2-10,13-14H,11-12,15H2,1H3,(H2,23,24,28). The summed E-state index contributed by atoms with van der Waals surface area (Å²) in [5.41, 5.74) is 2.47. The number of nitrogens with one attached hydrogen (secondary N) is 2. The van der Waals surface area contributed by atoms with Gasteiger partial charge in [0.1, 0.15) is 0 Å². The molecule has 0 atom stereocenters. The summed E-state index contributed by atoms with van der Waals surface area (Å²) in [4.78, 5) is 26.1. The highest BCUT2D eigenvalue weighted by Crippen LogP contribution is 2.18. The van der Waals surface area contributed by atoms with E-state index in [4.69, 9.17) is 0 Å². The minimum atomic E-state index is -0.276. The van der Waals surface area contributed by atoms with Crippen LogP contribution in [0, 0.1) is 0 Å². The number of rotatable bonds is 6. The van der Waals surface area contributed by atoms with Crippen molar-refractivity contribution < 1.29 is 4.79 Å². The first-order chi connectivity index (χ1) is 14.1. The third kappa shape index (κ3) is 4.25. The fourth-order valence-corrected chi connectivity index (χ4v) is 4.04. The van der Waals surface area contributed by atoms with Crippen LogP contribution in [-0.4, -0.2) is 21.9 Å². The Morgan fingerprint density at radius 1 is 1.07 bits per heavy atom. The van der Waals surface area contributed by atoms with E-state index in [1.54, 1.807) is 29.1 Å². The molecule has 0 saturated heterocycles. The number of amides is 2. The second kappa shape index (κ2) is 8.36. The molecule has 4 aromatic rings. The van der Waals surface area contributed by atoms with Gasteiger partial charge in [-0.1, -0.05) is 36.4 Å². The molecule has 7 heteroatoms. The molecule has 4 rings (SSSR count). The molecule has 6 nitrogen and oxygen atoms in total. The van der Waals surface area contributed by atoms with Crippen LogP contribution < -0.4 is 16.2 Å². The zero-order valence-electron chi connectivity index (χ0n) is 16.1. The molecule has 0 aliphatic carbocycles. The predicted molar refractivity (Wildman–Crippen MR) is 118 cm³/mol. The molecule has 2 aromatic heterocycles. The van der Waals surface area contributed by atoms with Crippen LogP contribution in [0.15, 0.2) is 70.8 Å². The van der Waals surface area contributed by atoms with E-state index in [1.165, 1.54) is 4.88 Å². The number of aromatic nitrogens is 2. The molecule has 148 valence electrons. The summed E-state index contributed by atoms with van der Waals surface area (Å²) in [6.45, 7) is 1.16. The SMILES string of the molecule is Cn1c(=O)c2cc(NC(=O)NCCc3cccs3)ccc2n1Cc1ccccc1. The minimum Gasteiger partial charge on any atom is -0.338 e. The monoisotopic (exact) mass is 406 g/mol. The molecule has 0 saturated carbocycles.